The summed E-state index contributed by atoms with van der Waals surface area (Å²) in [6, 6.07) is 7.52. The van der Waals surface area contributed by atoms with E-state index in [0.717, 1.165) is 24.3 Å². The maximum atomic E-state index is 13.6. The van der Waals surface area contributed by atoms with Gasteiger partial charge in [0.05, 0.1) is 18.3 Å². The Bertz CT molecular complexity index is 1070. The van der Waals surface area contributed by atoms with Crippen molar-refractivity contribution < 1.29 is 32.2 Å². The van der Waals surface area contributed by atoms with Crippen LogP contribution in [0.3, 0.4) is 0 Å². The highest BCUT2D eigenvalue weighted by atomic mass is 19.1. The molecule has 3 aromatic rings. The zero-order valence-corrected chi connectivity index (χ0v) is 14.5. The number of esters is 1. The number of anilines is 1. The Kier molecular flexibility index (Phi) is 5.44. The SMILES string of the molecule is COC(=O)c1cc(OCC(=O)Nc2ccc(F)cc2F)c2cc(F)ccc2n1. The van der Waals surface area contributed by atoms with E-state index in [0.29, 0.717) is 6.07 Å². The normalized spacial score (nSPS) is 10.6. The van der Waals surface area contributed by atoms with E-state index in [4.69, 9.17) is 4.74 Å². The molecule has 0 aliphatic carbocycles. The fraction of sp³-hybridized carbons (Fsp3) is 0.105. The number of rotatable bonds is 5. The number of hydrogen-bond donors (Lipinski definition) is 1. The minimum atomic E-state index is -0.947. The van der Waals surface area contributed by atoms with Gasteiger partial charge in [-0.3, -0.25) is 4.79 Å². The number of carbonyl (C=O) groups is 2. The second-order valence-corrected chi connectivity index (χ2v) is 5.62. The number of amides is 1. The summed E-state index contributed by atoms with van der Waals surface area (Å²) < 4.78 is 50.1. The molecule has 0 aliphatic heterocycles. The molecule has 9 heteroatoms. The van der Waals surface area contributed by atoms with E-state index >= 15 is 0 Å². The van der Waals surface area contributed by atoms with Crippen molar-refractivity contribution in [3.05, 3.63) is 65.6 Å². The number of aromatic nitrogens is 1. The molecule has 28 heavy (non-hydrogen) atoms. The van der Waals surface area contributed by atoms with E-state index in [9.17, 15) is 22.8 Å². The Morgan fingerprint density at radius 2 is 1.75 bits per heavy atom. The summed E-state index contributed by atoms with van der Waals surface area (Å²) >= 11 is 0. The summed E-state index contributed by atoms with van der Waals surface area (Å²) in [7, 11) is 1.17. The van der Waals surface area contributed by atoms with Gasteiger partial charge in [-0.1, -0.05) is 0 Å². The number of hydrogen-bond acceptors (Lipinski definition) is 5. The van der Waals surface area contributed by atoms with E-state index in [1.807, 2.05) is 0 Å². The Balaban J connectivity index is 1.83. The topological polar surface area (TPSA) is 77.5 Å². The summed E-state index contributed by atoms with van der Waals surface area (Å²) in [5.41, 5.74) is -0.0678. The molecule has 144 valence electrons. The molecule has 0 saturated heterocycles. The molecule has 1 amide bonds. The average Bonchev–Trinajstić information content (AvgIpc) is 2.67. The maximum absolute atomic E-state index is 13.6. The van der Waals surface area contributed by atoms with Gasteiger partial charge in [-0.15, -0.1) is 0 Å². The van der Waals surface area contributed by atoms with Crippen LogP contribution in [0.15, 0.2) is 42.5 Å². The number of ether oxygens (including phenoxy) is 2. The lowest BCUT2D eigenvalue weighted by Crippen LogP contribution is -2.21. The highest BCUT2D eigenvalue weighted by Crippen LogP contribution is 2.27. The van der Waals surface area contributed by atoms with Gasteiger partial charge in [0.2, 0.25) is 0 Å². The van der Waals surface area contributed by atoms with Gasteiger partial charge in [0, 0.05) is 17.5 Å². The van der Waals surface area contributed by atoms with Crippen LogP contribution < -0.4 is 10.1 Å². The summed E-state index contributed by atoms with van der Waals surface area (Å²) in [4.78, 5) is 27.8. The number of nitrogens with zero attached hydrogens (tertiary/aromatic N) is 1. The highest BCUT2D eigenvalue weighted by Gasteiger charge is 2.15. The monoisotopic (exact) mass is 390 g/mol. The molecule has 0 aliphatic rings. The molecule has 0 radical (unpaired) electrons. The highest BCUT2D eigenvalue weighted by molar-refractivity contribution is 5.95. The van der Waals surface area contributed by atoms with Crippen molar-refractivity contribution in [1.29, 1.82) is 0 Å². The van der Waals surface area contributed by atoms with Crippen LogP contribution in [0.5, 0.6) is 5.75 Å². The first-order valence-corrected chi connectivity index (χ1v) is 7.93. The average molecular weight is 390 g/mol. The van der Waals surface area contributed by atoms with Crippen LogP contribution in [0.25, 0.3) is 10.9 Å². The van der Waals surface area contributed by atoms with Gasteiger partial charge in [0.15, 0.2) is 12.3 Å². The second-order valence-electron chi connectivity index (χ2n) is 5.62. The van der Waals surface area contributed by atoms with Crippen molar-refractivity contribution in [3.63, 3.8) is 0 Å². The number of nitrogens with one attached hydrogen (secondary N) is 1. The Hall–Kier alpha value is -3.62. The molecule has 0 atom stereocenters. The number of benzene rings is 2. The summed E-state index contributed by atoms with van der Waals surface area (Å²) in [6.07, 6.45) is 0. The minimum absolute atomic E-state index is 0.0135. The molecule has 1 aromatic heterocycles. The van der Waals surface area contributed by atoms with Crippen molar-refractivity contribution in [2.75, 3.05) is 19.0 Å². The number of halogens is 3. The Morgan fingerprint density at radius 1 is 1.04 bits per heavy atom. The predicted molar refractivity (Wildman–Crippen MR) is 93.5 cm³/mol. The van der Waals surface area contributed by atoms with Gasteiger partial charge in [-0.2, -0.15) is 0 Å². The molecule has 0 spiro atoms. The lowest BCUT2D eigenvalue weighted by Gasteiger charge is -2.11. The van der Waals surface area contributed by atoms with E-state index in [1.54, 1.807) is 0 Å². The quantitative estimate of drug-likeness (QED) is 0.675. The molecule has 1 heterocycles. The minimum Gasteiger partial charge on any atom is -0.483 e. The van der Waals surface area contributed by atoms with Crippen molar-refractivity contribution in [2.24, 2.45) is 0 Å². The molecular weight excluding hydrogens is 377 g/mol. The van der Waals surface area contributed by atoms with Crippen LogP contribution >= 0.6 is 0 Å². The Morgan fingerprint density at radius 3 is 2.46 bits per heavy atom. The molecule has 1 N–H and O–H groups in total. The van der Waals surface area contributed by atoms with Crippen molar-refractivity contribution in [2.45, 2.75) is 0 Å². The van der Waals surface area contributed by atoms with Crippen LogP contribution in [0, 0.1) is 17.5 Å². The molecule has 0 saturated carbocycles. The fourth-order valence-electron chi connectivity index (χ4n) is 2.42. The van der Waals surface area contributed by atoms with E-state index < -0.39 is 35.9 Å². The lowest BCUT2D eigenvalue weighted by atomic mass is 10.1. The molecule has 0 unspecified atom stereocenters. The first-order valence-electron chi connectivity index (χ1n) is 7.93. The molecule has 6 nitrogen and oxygen atoms in total. The van der Waals surface area contributed by atoms with Crippen LogP contribution in [0.1, 0.15) is 10.5 Å². The molecule has 0 bridgehead atoms. The first-order chi connectivity index (χ1) is 13.4. The number of pyridine rings is 1. The van der Waals surface area contributed by atoms with Gasteiger partial charge < -0.3 is 14.8 Å². The van der Waals surface area contributed by atoms with Gasteiger partial charge in [0.25, 0.3) is 5.91 Å². The molecule has 3 rings (SSSR count). The van der Waals surface area contributed by atoms with E-state index in [2.05, 4.69) is 15.0 Å². The van der Waals surface area contributed by atoms with Crippen LogP contribution in [-0.2, 0) is 9.53 Å². The third kappa shape index (κ3) is 4.20. The lowest BCUT2D eigenvalue weighted by molar-refractivity contribution is -0.118. The number of methoxy groups -OCH3 is 1. The van der Waals surface area contributed by atoms with Crippen molar-refractivity contribution in [3.8, 4) is 5.75 Å². The smallest absolute Gasteiger partial charge is 0.356 e. The van der Waals surface area contributed by atoms with E-state index in [-0.39, 0.29) is 28.0 Å². The summed E-state index contributed by atoms with van der Waals surface area (Å²) in [5, 5.41) is 2.46. The number of fused-ring (bicyclic) bond motifs is 1. The van der Waals surface area contributed by atoms with Crippen LogP contribution in [-0.4, -0.2) is 30.6 Å². The molecule has 2 aromatic carbocycles. The Labute approximate surface area is 156 Å². The van der Waals surface area contributed by atoms with Crippen LogP contribution in [0.4, 0.5) is 18.9 Å². The van der Waals surface area contributed by atoms with Gasteiger partial charge in [0.1, 0.15) is 23.2 Å². The van der Waals surface area contributed by atoms with Gasteiger partial charge in [-0.05, 0) is 30.3 Å². The number of carbonyl (C=O) groups excluding carboxylic acids is 2. The van der Waals surface area contributed by atoms with Gasteiger partial charge >= 0.3 is 5.97 Å². The van der Waals surface area contributed by atoms with Gasteiger partial charge in [-0.25, -0.2) is 22.9 Å². The largest absolute Gasteiger partial charge is 0.483 e. The first kappa shape index (κ1) is 19.2. The predicted octanol–water partition coefficient (Wildman–Crippen LogP) is 3.46. The summed E-state index contributed by atoms with van der Waals surface area (Å²) in [6.45, 7) is -0.576. The zero-order chi connectivity index (χ0) is 20.3. The van der Waals surface area contributed by atoms with Crippen LogP contribution in [0.2, 0.25) is 0 Å². The van der Waals surface area contributed by atoms with Crippen molar-refractivity contribution >= 4 is 28.5 Å². The summed E-state index contributed by atoms with van der Waals surface area (Å²) in [5.74, 6) is -3.77. The third-order valence-corrected chi connectivity index (χ3v) is 3.69. The molecule has 0 fully saturated rings. The fourth-order valence-corrected chi connectivity index (χ4v) is 2.42. The second kappa shape index (κ2) is 7.95. The maximum Gasteiger partial charge on any atom is 0.356 e. The molecular formula is C19H13F3N2O4. The van der Waals surface area contributed by atoms with Crippen molar-refractivity contribution in [1.82, 2.24) is 4.98 Å². The third-order valence-electron chi connectivity index (χ3n) is 3.69. The van der Waals surface area contributed by atoms with E-state index in [1.165, 1.54) is 19.2 Å². The standard InChI is InChI=1S/C19H13F3N2O4/c1-27-19(26)16-8-17(12-6-10(20)2-4-14(12)23-16)28-9-18(25)24-15-5-3-11(21)7-13(15)22/h2-8H,9H2,1H3,(H,24,25). The zero-order valence-electron chi connectivity index (χ0n) is 14.5.